The van der Waals surface area contributed by atoms with E-state index in [0.29, 0.717) is 17.3 Å². The molecule has 1 aliphatic carbocycles. The highest BCUT2D eigenvalue weighted by atomic mass is 16.5. The maximum Gasteiger partial charge on any atom is 0.276 e. The van der Waals surface area contributed by atoms with Crippen molar-refractivity contribution in [2.24, 2.45) is 0 Å². The molecule has 1 amide bonds. The molecule has 0 unspecified atom stereocenters. The average molecular weight is 357 g/mol. The number of hydrogen-bond donors (Lipinski definition) is 1. The van der Waals surface area contributed by atoms with Crippen LogP contribution < -0.4 is 5.32 Å². The molecule has 2 aromatic heterocycles. The molecular weight excluding hydrogens is 330 g/mol. The summed E-state index contributed by atoms with van der Waals surface area (Å²) in [5.41, 5.74) is 2.18. The fraction of sp³-hybridized carbons (Fsp3) is 0.632. The van der Waals surface area contributed by atoms with E-state index >= 15 is 0 Å². The second-order valence-corrected chi connectivity index (χ2v) is 8.35. The Kier molecular flexibility index (Phi) is 4.34. The van der Waals surface area contributed by atoms with Crippen molar-refractivity contribution in [1.82, 2.24) is 19.6 Å². The van der Waals surface area contributed by atoms with Gasteiger partial charge in [-0.15, -0.1) is 0 Å². The van der Waals surface area contributed by atoms with Crippen LogP contribution in [0.4, 0.5) is 5.69 Å². The predicted molar refractivity (Wildman–Crippen MR) is 98.4 cm³/mol. The molecule has 2 fully saturated rings. The van der Waals surface area contributed by atoms with Crippen LogP contribution in [0.2, 0.25) is 0 Å². The van der Waals surface area contributed by atoms with E-state index in [0.717, 1.165) is 31.7 Å². The van der Waals surface area contributed by atoms with Crippen molar-refractivity contribution >= 4 is 11.6 Å². The standard InChI is InChI=1S/C19H27N5O2/c1-19(2,3)24-17(13-6-7-13)9-16(22-24)18(25)21-14-10-20-23(11-14)12-15-5-4-8-26-15/h9-11,13,15H,4-8,12H2,1-3H3,(H,21,25)/t15-/m0/s1. The number of nitrogens with zero attached hydrogens (tertiary/aromatic N) is 4. The quantitative estimate of drug-likeness (QED) is 0.892. The molecule has 1 saturated heterocycles. The highest BCUT2D eigenvalue weighted by Gasteiger charge is 2.32. The van der Waals surface area contributed by atoms with Gasteiger partial charge in [0.1, 0.15) is 0 Å². The molecular formula is C19H27N5O2. The zero-order chi connectivity index (χ0) is 18.3. The zero-order valence-electron chi connectivity index (χ0n) is 15.7. The topological polar surface area (TPSA) is 74.0 Å². The summed E-state index contributed by atoms with van der Waals surface area (Å²) >= 11 is 0. The molecule has 140 valence electrons. The van der Waals surface area contributed by atoms with Crippen LogP contribution in [0.15, 0.2) is 18.5 Å². The Morgan fingerprint density at radius 3 is 2.81 bits per heavy atom. The molecule has 26 heavy (non-hydrogen) atoms. The molecule has 0 aromatic carbocycles. The van der Waals surface area contributed by atoms with Crippen LogP contribution in [0.3, 0.4) is 0 Å². The van der Waals surface area contributed by atoms with E-state index in [9.17, 15) is 4.79 Å². The van der Waals surface area contributed by atoms with E-state index in [1.54, 1.807) is 6.20 Å². The summed E-state index contributed by atoms with van der Waals surface area (Å²) in [6.07, 6.45) is 8.28. The zero-order valence-corrected chi connectivity index (χ0v) is 15.7. The van der Waals surface area contributed by atoms with Gasteiger partial charge in [-0.1, -0.05) is 0 Å². The van der Waals surface area contributed by atoms with E-state index in [1.807, 2.05) is 21.6 Å². The Labute approximate surface area is 153 Å². The number of anilines is 1. The SMILES string of the molecule is CC(C)(C)n1nc(C(=O)Nc2cnn(C[C@@H]3CCCO3)c2)cc1C1CC1. The van der Waals surface area contributed by atoms with Gasteiger partial charge in [0.2, 0.25) is 0 Å². The first kappa shape index (κ1) is 17.3. The minimum atomic E-state index is -0.188. The second-order valence-electron chi connectivity index (χ2n) is 8.35. The lowest BCUT2D eigenvalue weighted by molar-refractivity contribution is 0.0940. The smallest absolute Gasteiger partial charge is 0.276 e. The lowest BCUT2D eigenvalue weighted by Crippen LogP contribution is -2.25. The molecule has 2 aromatic rings. The fourth-order valence-corrected chi connectivity index (χ4v) is 3.43. The van der Waals surface area contributed by atoms with Crippen molar-refractivity contribution in [3.8, 4) is 0 Å². The summed E-state index contributed by atoms with van der Waals surface area (Å²) in [6.45, 7) is 7.89. The molecule has 1 atom stereocenters. The minimum Gasteiger partial charge on any atom is -0.376 e. The van der Waals surface area contributed by atoms with Crippen molar-refractivity contribution in [2.75, 3.05) is 11.9 Å². The number of rotatable bonds is 5. The fourth-order valence-electron chi connectivity index (χ4n) is 3.43. The Morgan fingerprint density at radius 1 is 1.35 bits per heavy atom. The Hall–Kier alpha value is -2.15. The summed E-state index contributed by atoms with van der Waals surface area (Å²) in [4.78, 5) is 12.7. The van der Waals surface area contributed by atoms with Crippen molar-refractivity contribution in [3.63, 3.8) is 0 Å². The summed E-state index contributed by atoms with van der Waals surface area (Å²) in [7, 11) is 0. The molecule has 2 aliphatic rings. The van der Waals surface area contributed by atoms with Crippen LogP contribution in [-0.2, 0) is 16.8 Å². The summed E-state index contributed by atoms with van der Waals surface area (Å²) in [6, 6.07) is 1.94. The van der Waals surface area contributed by atoms with Crippen LogP contribution in [0.25, 0.3) is 0 Å². The predicted octanol–water partition coefficient (Wildman–Crippen LogP) is 3.14. The molecule has 4 rings (SSSR count). The molecule has 0 bridgehead atoms. The van der Waals surface area contributed by atoms with Gasteiger partial charge in [-0.3, -0.25) is 14.2 Å². The highest BCUT2D eigenvalue weighted by Crippen LogP contribution is 2.41. The second kappa shape index (κ2) is 6.54. The molecule has 1 saturated carbocycles. The molecule has 3 heterocycles. The largest absolute Gasteiger partial charge is 0.376 e. The van der Waals surface area contributed by atoms with Gasteiger partial charge < -0.3 is 10.1 Å². The van der Waals surface area contributed by atoms with E-state index in [-0.39, 0.29) is 17.6 Å². The third-order valence-corrected chi connectivity index (χ3v) is 4.91. The van der Waals surface area contributed by atoms with Crippen LogP contribution in [0.5, 0.6) is 0 Å². The Morgan fingerprint density at radius 2 is 2.15 bits per heavy atom. The maximum atomic E-state index is 12.7. The van der Waals surface area contributed by atoms with Crippen LogP contribution in [0, 0.1) is 0 Å². The van der Waals surface area contributed by atoms with Gasteiger partial charge in [0.25, 0.3) is 5.91 Å². The third-order valence-electron chi connectivity index (χ3n) is 4.91. The summed E-state index contributed by atoms with van der Waals surface area (Å²) in [5, 5.41) is 11.8. The summed E-state index contributed by atoms with van der Waals surface area (Å²) < 4.78 is 9.46. The molecule has 0 spiro atoms. The van der Waals surface area contributed by atoms with Gasteiger partial charge in [-0.05, 0) is 52.5 Å². The number of carbonyl (C=O) groups is 1. The number of nitrogens with one attached hydrogen (secondary N) is 1. The first-order valence-electron chi connectivity index (χ1n) is 9.46. The Bertz CT molecular complexity index is 791. The number of aromatic nitrogens is 4. The van der Waals surface area contributed by atoms with Gasteiger partial charge in [0.15, 0.2) is 5.69 Å². The van der Waals surface area contributed by atoms with Gasteiger partial charge >= 0.3 is 0 Å². The number of amides is 1. The molecule has 1 aliphatic heterocycles. The number of carbonyl (C=O) groups excluding carboxylic acids is 1. The van der Waals surface area contributed by atoms with Gasteiger partial charge in [-0.25, -0.2) is 0 Å². The summed E-state index contributed by atoms with van der Waals surface area (Å²) in [5.74, 6) is 0.351. The average Bonchev–Trinajstić information content (AvgIpc) is 3.01. The Balaban J connectivity index is 1.45. The van der Waals surface area contributed by atoms with Crippen LogP contribution >= 0.6 is 0 Å². The van der Waals surface area contributed by atoms with Crippen molar-refractivity contribution in [2.45, 2.75) is 70.6 Å². The van der Waals surface area contributed by atoms with Gasteiger partial charge in [-0.2, -0.15) is 10.2 Å². The normalized spacial score (nSPS) is 20.5. The first-order chi connectivity index (χ1) is 12.4. The van der Waals surface area contributed by atoms with E-state index in [1.165, 1.54) is 12.8 Å². The number of ether oxygens (including phenoxy) is 1. The third kappa shape index (κ3) is 3.67. The molecule has 1 N–H and O–H groups in total. The monoisotopic (exact) mass is 357 g/mol. The van der Waals surface area contributed by atoms with E-state index in [4.69, 9.17) is 4.74 Å². The lowest BCUT2D eigenvalue weighted by atomic mass is 10.1. The van der Waals surface area contributed by atoms with Crippen molar-refractivity contribution in [3.05, 3.63) is 29.8 Å². The molecule has 7 nitrogen and oxygen atoms in total. The van der Waals surface area contributed by atoms with Crippen molar-refractivity contribution < 1.29 is 9.53 Å². The number of hydrogen-bond acceptors (Lipinski definition) is 4. The van der Waals surface area contributed by atoms with Gasteiger partial charge in [0, 0.05) is 24.4 Å². The van der Waals surface area contributed by atoms with Crippen molar-refractivity contribution in [1.29, 1.82) is 0 Å². The van der Waals surface area contributed by atoms with E-state index < -0.39 is 0 Å². The van der Waals surface area contributed by atoms with Gasteiger partial charge in [0.05, 0.1) is 30.1 Å². The van der Waals surface area contributed by atoms with Crippen LogP contribution in [-0.4, -0.2) is 38.2 Å². The first-order valence-corrected chi connectivity index (χ1v) is 9.46. The maximum absolute atomic E-state index is 12.7. The molecule has 0 radical (unpaired) electrons. The van der Waals surface area contributed by atoms with Crippen LogP contribution in [0.1, 0.15) is 68.6 Å². The minimum absolute atomic E-state index is 0.136. The lowest BCUT2D eigenvalue weighted by Gasteiger charge is -2.22. The molecule has 7 heteroatoms. The highest BCUT2D eigenvalue weighted by molar-refractivity contribution is 6.02. The van der Waals surface area contributed by atoms with E-state index in [2.05, 4.69) is 36.3 Å².